The first-order chi connectivity index (χ1) is 9.19. The Morgan fingerprint density at radius 2 is 1.68 bits per heavy atom. The Labute approximate surface area is 119 Å². The van der Waals surface area contributed by atoms with Gasteiger partial charge in [0.1, 0.15) is 11.8 Å². The summed E-state index contributed by atoms with van der Waals surface area (Å²) in [5.74, 6) is 1.54. The van der Waals surface area contributed by atoms with Crippen LogP contribution in [0.3, 0.4) is 0 Å². The first-order valence-electron chi connectivity index (χ1n) is 5.64. The lowest BCUT2D eigenvalue weighted by molar-refractivity contribution is 0.569. The molecule has 2 aromatic carbocycles. The van der Waals surface area contributed by atoms with Crippen LogP contribution >= 0.6 is 15.9 Å². The summed E-state index contributed by atoms with van der Waals surface area (Å²) >= 11 is 3.36. The van der Waals surface area contributed by atoms with E-state index in [1.165, 1.54) is 12.1 Å². The number of halogens is 2. The van der Waals surface area contributed by atoms with Crippen molar-refractivity contribution in [3.8, 4) is 0 Å². The van der Waals surface area contributed by atoms with E-state index in [1.807, 2.05) is 36.3 Å². The monoisotopic (exact) mass is 316 g/mol. The van der Waals surface area contributed by atoms with Gasteiger partial charge in [-0.2, -0.15) is 0 Å². The molecule has 3 heteroatoms. The fraction of sp³-hybridized carbons (Fsp3) is 0. The topological polar surface area (TPSA) is 17.1 Å². The molecule has 0 saturated heterocycles. The predicted molar refractivity (Wildman–Crippen MR) is 78.7 cm³/mol. The highest BCUT2D eigenvalue weighted by atomic mass is 79.9. The smallest absolute Gasteiger partial charge is 0.133 e. The van der Waals surface area contributed by atoms with Gasteiger partial charge in [0.15, 0.2) is 0 Å². The standard InChI is InChI=1S/C16H10BrFO/c17-15-7-2-12(3-8-15)1-4-14(11-19)13-5-9-16(18)10-6-13/h1-10H/b4-1+. The van der Waals surface area contributed by atoms with Crippen LogP contribution in [-0.4, -0.2) is 5.94 Å². The number of rotatable bonds is 3. The average molecular weight is 317 g/mol. The highest BCUT2D eigenvalue weighted by Gasteiger charge is 1.99. The van der Waals surface area contributed by atoms with Crippen molar-refractivity contribution in [2.24, 2.45) is 0 Å². The van der Waals surface area contributed by atoms with Crippen molar-refractivity contribution in [3.63, 3.8) is 0 Å². The fourth-order valence-corrected chi connectivity index (χ4v) is 1.84. The lowest BCUT2D eigenvalue weighted by Crippen LogP contribution is -1.83. The van der Waals surface area contributed by atoms with E-state index < -0.39 is 0 Å². The first kappa shape index (κ1) is 13.5. The van der Waals surface area contributed by atoms with Crippen LogP contribution in [0.4, 0.5) is 4.39 Å². The number of hydrogen-bond donors (Lipinski definition) is 0. The van der Waals surface area contributed by atoms with Crippen molar-refractivity contribution < 1.29 is 9.18 Å². The number of allylic oxidation sites excluding steroid dienone is 2. The third-order valence-electron chi connectivity index (χ3n) is 2.58. The minimum absolute atomic E-state index is 0.328. The minimum atomic E-state index is -0.328. The molecule has 2 aromatic rings. The second-order valence-electron chi connectivity index (χ2n) is 3.91. The van der Waals surface area contributed by atoms with Gasteiger partial charge in [0, 0.05) is 4.47 Å². The normalized spacial score (nSPS) is 10.4. The molecule has 0 aliphatic carbocycles. The second kappa shape index (κ2) is 6.28. The van der Waals surface area contributed by atoms with Crippen molar-refractivity contribution in [2.75, 3.05) is 0 Å². The number of benzene rings is 2. The van der Waals surface area contributed by atoms with E-state index in [4.69, 9.17) is 0 Å². The van der Waals surface area contributed by atoms with Gasteiger partial charge in [-0.15, -0.1) is 0 Å². The summed E-state index contributed by atoms with van der Waals surface area (Å²) in [6, 6.07) is 13.4. The maximum Gasteiger partial charge on any atom is 0.133 e. The van der Waals surface area contributed by atoms with Crippen LogP contribution in [0.25, 0.3) is 11.6 Å². The average Bonchev–Trinajstić information content (AvgIpc) is 2.43. The molecule has 2 rings (SSSR count). The molecular formula is C16H10BrFO. The molecule has 0 heterocycles. The van der Waals surface area contributed by atoms with Crippen LogP contribution in [-0.2, 0) is 4.79 Å². The molecule has 94 valence electrons. The van der Waals surface area contributed by atoms with Gasteiger partial charge < -0.3 is 0 Å². The molecule has 0 saturated carbocycles. The van der Waals surface area contributed by atoms with E-state index in [2.05, 4.69) is 15.9 Å². The molecule has 0 amide bonds. The summed E-state index contributed by atoms with van der Waals surface area (Å²) in [6.07, 6.45) is 3.49. The summed E-state index contributed by atoms with van der Waals surface area (Å²) in [5, 5.41) is 0. The maximum atomic E-state index is 12.8. The van der Waals surface area contributed by atoms with Gasteiger partial charge in [-0.1, -0.05) is 46.3 Å². The minimum Gasteiger partial charge on any atom is -0.233 e. The highest BCUT2D eigenvalue weighted by Crippen LogP contribution is 2.16. The van der Waals surface area contributed by atoms with Gasteiger partial charge in [-0.05, 0) is 41.5 Å². The highest BCUT2D eigenvalue weighted by molar-refractivity contribution is 9.10. The van der Waals surface area contributed by atoms with Crippen LogP contribution in [0, 0.1) is 5.82 Å². The Morgan fingerprint density at radius 1 is 1.05 bits per heavy atom. The van der Waals surface area contributed by atoms with Crippen molar-refractivity contribution in [3.05, 3.63) is 76.0 Å². The fourth-order valence-electron chi connectivity index (χ4n) is 1.57. The van der Waals surface area contributed by atoms with Crippen molar-refractivity contribution in [2.45, 2.75) is 0 Å². The Kier molecular flexibility index (Phi) is 4.45. The summed E-state index contributed by atoms with van der Waals surface area (Å²) < 4.78 is 13.8. The van der Waals surface area contributed by atoms with Crippen LogP contribution < -0.4 is 0 Å². The zero-order valence-electron chi connectivity index (χ0n) is 9.94. The van der Waals surface area contributed by atoms with E-state index in [9.17, 15) is 9.18 Å². The molecule has 19 heavy (non-hydrogen) atoms. The van der Waals surface area contributed by atoms with Crippen LogP contribution in [0.15, 0.2) is 59.1 Å². The zero-order valence-corrected chi connectivity index (χ0v) is 11.5. The van der Waals surface area contributed by atoms with E-state index in [0.717, 1.165) is 10.0 Å². The van der Waals surface area contributed by atoms with Crippen molar-refractivity contribution in [1.29, 1.82) is 0 Å². The zero-order chi connectivity index (χ0) is 13.7. The Hall–Kier alpha value is -1.96. The summed E-state index contributed by atoms with van der Waals surface area (Å²) in [4.78, 5) is 11.0. The van der Waals surface area contributed by atoms with Crippen molar-refractivity contribution in [1.82, 2.24) is 0 Å². The molecule has 0 atom stereocenters. The van der Waals surface area contributed by atoms with Crippen LogP contribution in [0.1, 0.15) is 11.1 Å². The molecule has 0 fully saturated rings. The Bertz CT molecular complexity index is 635. The van der Waals surface area contributed by atoms with Crippen LogP contribution in [0.5, 0.6) is 0 Å². The third kappa shape index (κ3) is 3.75. The molecular weight excluding hydrogens is 307 g/mol. The molecule has 0 radical (unpaired) electrons. The van der Waals surface area contributed by atoms with E-state index >= 15 is 0 Å². The molecule has 0 aliphatic heterocycles. The number of hydrogen-bond acceptors (Lipinski definition) is 1. The molecule has 0 spiro atoms. The Balaban J connectivity index is 2.22. The van der Waals surface area contributed by atoms with Gasteiger partial charge in [0.25, 0.3) is 0 Å². The predicted octanol–water partition coefficient (Wildman–Crippen LogP) is 4.52. The second-order valence-corrected chi connectivity index (χ2v) is 4.82. The van der Waals surface area contributed by atoms with E-state index in [-0.39, 0.29) is 5.82 Å². The van der Waals surface area contributed by atoms with Crippen LogP contribution in [0.2, 0.25) is 0 Å². The lowest BCUT2D eigenvalue weighted by Gasteiger charge is -1.98. The number of carbonyl (C=O) groups excluding carboxylic acids is 1. The molecule has 1 nitrogen and oxygen atoms in total. The molecule has 0 N–H and O–H groups in total. The van der Waals surface area contributed by atoms with E-state index in [1.54, 1.807) is 18.2 Å². The summed E-state index contributed by atoms with van der Waals surface area (Å²) in [6.45, 7) is 0. The molecule has 0 bridgehead atoms. The van der Waals surface area contributed by atoms with Gasteiger partial charge in [0.2, 0.25) is 0 Å². The van der Waals surface area contributed by atoms with Gasteiger partial charge in [-0.25, -0.2) is 9.18 Å². The lowest BCUT2D eigenvalue weighted by atomic mass is 10.1. The van der Waals surface area contributed by atoms with E-state index in [0.29, 0.717) is 11.1 Å². The van der Waals surface area contributed by atoms with Gasteiger partial charge >= 0.3 is 0 Å². The van der Waals surface area contributed by atoms with Gasteiger partial charge in [0.05, 0.1) is 5.57 Å². The molecule has 0 unspecified atom stereocenters. The molecule has 0 aromatic heterocycles. The quantitative estimate of drug-likeness (QED) is 0.601. The first-order valence-corrected chi connectivity index (χ1v) is 6.43. The SMILES string of the molecule is O=C=C(/C=C/c1ccc(Br)cc1)c1ccc(F)cc1. The van der Waals surface area contributed by atoms with Gasteiger partial charge in [-0.3, -0.25) is 0 Å². The largest absolute Gasteiger partial charge is 0.233 e. The summed E-state index contributed by atoms with van der Waals surface area (Å²) in [5.41, 5.74) is 2.01. The molecule has 0 aliphatic rings. The maximum absolute atomic E-state index is 12.8. The summed E-state index contributed by atoms with van der Waals surface area (Å²) in [7, 11) is 0. The Morgan fingerprint density at radius 3 is 2.26 bits per heavy atom. The third-order valence-corrected chi connectivity index (χ3v) is 3.11. The van der Waals surface area contributed by atoms with Crippen molar-refractivity contribution >= 4 is 33.5 Å².